The summed E-state index contributed by atoms with van der Waals surface area (Å²) in [6.07, 6.45) is 4.01. The zero-order valence-corrected chi connectivity index (χ0v) is 16.4. The van der Waals surface area contributed by atoms with Crippen molar-refractivity contribution in [3.8, 4) is 12.1 Å². The fourth-order valence-electron chi connectivity index (χ4n) is 4.19. The topological polar surface area (TPSA) is 89.7 Å². The lowest BCUT2D eigenvalue weighted by atomic mass is 9.95. The van der Waals surface area contributed by atoms with E-state index in [-0.39, 0.29) is 11.6 Å². The molecule has 2 aromatic rings. The van der Waals surface area contributed by atoms with E-state index in [0.29, 0.717) is 39.2 Å². The molecule has 1 aromatic heterocycles. The molecular weight excluding hydrogens is 365 g/mol. The van der Waals surface area contributed by atoms with E-state index in [1.54, 1.807) is 6.92 Å². The smallest absolute Gasteiger partial charge is 0.147 e. The second-order valence-corrected chi connectivity index (χ2v) is 7.41. The van der Waals surface area contributed by atoms with Crippen molar-refractivity contribution < 1.29 is 4.39 Å². The summed E-state index contributed by atoms with van der Waals surface area (Å²) in [4.78, 5) is 6.38. The quantitative estimate of drug-likeness (QED) is 0.826. The molecule has 1 aliphatic heterocycles. The number of nitrogen functional groups attached to an aromatic ring is 1. The Morgan fingerprint density at radius 2 is 1.90 bits per heavy atom. The highest BCUT2D eigenvalue weighted by Gasteiger charge is 2.29. The fraction of sp³-hybridized carbons (Fsp3) is 0.261. The molecule has 4 rings (SSSR count). The number of rotatable bonds is 2. The fourth-order valence-corrected chi connectivity index (χ4v) is 4.19. The van der Waals surface area contributed by atoms with Crippen LogP contribution in [0.15, 0.2) is 23.8 Å². The third kappa shape index (κ3) is 2.94. The Balaban J connectivity index is 1.85. The molecular formula is C23H20FN5. The number of pyridine rings is 1. The number of benzene rings is 1. The summed E-state index contributed by atoms with van der Waals surface area (Å²) in [5.41, 5.74) is 11.4. The molecule has 144 valence electrons. The summed E-state index contributed by atoms with van der Waals surface area (Å²) in [5, 5.41) is 19.1. The van der Waals surface area contributed by atoms with Crippen molar-refractivity contribution in [3.63, 3.8) is 0 Å². The highest BCUT2D eigenvalue weighted by atomic mass is 19.1. The lowest BCUT2D eigenvalue weighted by molar-refractivity contribution is 0.623. The summed E-state index contributed by atoms with van der Waals surface area (Å²) in [5.74, 6) is -0.141. The number of hydrogen-bond donors (Lipinski definition) is 1. The van der Waals surface area contributed by atoms with Crippen molar-refractivity contribution in [2.24, 2.45) is 0 Å². The van der Waals surface area contributed by atoms with E-state index in [9.17, 15) is 14.9 Å². The van der Waals surface area contributed by atoms with E-state index >= 15 is 0 Å². The third-order valence-electron chi connectivity index (χ3n) is 5.71. The summed E-state index contributed by atoms with van der Waals surface area (Å²) < 4.78 is 14.8. The highest BCUT2D eigenvalue weighted by Crippen LogP contribution is 2.44. The Morgan fingerprint density at radius 1 is 1.17 bits per heavy atom. The second-order valence-electron chi connectivity index (χ2n) is 7.41. The molecule has 5 nitrogen and oxygen atoms in total. The molecule has 2 aliphatic rings. The standard InChI is InChI=1S/C23H20FN5/c1-13-16(9-15-5-6-20(19(24)10-15)29-7-3-4-8-29)21-14(2)18(12-26)23(27)28-22(21)17(13)11-25/h5-6,9-10H,3-4,7-8H2,1-2H3,(H2,27,28)/b16-9+. The number of fused-ring (bicyclic) bond motifs is 1. The van der Waals surface area contributed by atoms with Crippen LogP contribution in [0.5, 0.6) is 0 Å². The number of hydrogen-bond acceptors (Lipinski definition) is 5. The minimum Gasteiger partial charge on any atom is -0.383 e. The van der Waals surface area contributed by atoms with Gasteiger partial charge < -0.3 is 10.6 Å². The Morgan fingerprint density at radius 3 is 2.52 bits per heavy atom. The van der Waals surface area contributed by atoms with Crippen molar-refractivity contribution >= 4 is 28.7 Å². The van der Waals surface area contributed by atoms with Gasteiger partial charge in [-0.3, -0.25) is 0 Å². The molecule has 0 bridgehead atoms. The average molecular weight is 385 g/mol. The first-order chi connectivity index (χ1) is 14.0. The Labute approximate surface area is 169 Å². The van der Waals surface area contributed by atoms with Gasteiger partial charge in [-0.25, -0.2) is 9.37 Å². The van der Waals surface area contributed by atoms with Gasteiger partial charge in [-0.15, -0.1) is 0 Å². The van der Waals surface area contributed by atoms with Crippen LogP contribution in [0.1, 0.15) is 47.7 Å². The predicted octanol–water partition coefficient (Wildman–Crippen LogP) is 4.43. The zero-order chi connectivity index (χ0) is 20.7. The molecule has 0 amide bonds. The number of nitriles is 2. The minimum absolute atomic E-state index is 0.117. The molecule has 6 heteroatoms. The molecule has 1 saturated heterocycles. The predicted molar refractivity (Wildman–Crippen MR) is 112 cm³/mol. The van der Waals surface area contributed by atoms with Gasteiger partial charge in [0.1, 0.15) is 23.8 Å². The maximum absolute atomic E-state index is 14.8. The molecule has 0 saturated carbocycles. The van der Waals surface area contributed by atoms with Gasteiger partial charge in [0.2, 0.25) is 0 Å². The van der Waals surface area contributed by atoms with Crippen LogP contribution >= 0.6 is 0 Å². The van der Waals surface area contributed by atoms with Gasteiger partial charge in [-0.2, -0.15) is 10.5 Å². The second kappa shape index (κ2) is 7.07. The van der Waals surface area contributed by atoms with Crippen molar-refractivity contribution in [1.29, 1.82) is 10.5 Å². The van der Waals surface area contributed by atoms with E-state index in [2.05, 4.69) is 22.0 Å². The van der Waals surface area contributed by atoms with Gasteiger partial charge in [-0.05, 0) is 67.2 Å². The molecule has 29 heavy (non-hydrogen) atoms. The van der Waals surface area contributed by atoms with E-state index in [1.165, 1.54) is 6.07 Å². The molecule has 1 fully saturated rings. The van der Waals surface area contributed by atoms with Gasteiger partial charge >= 0.3 is 0 Å². The normalized spacial score (nSPS) is 16.9. The molecule has 0 unspecified atom stereocenters. The van der Waals surface area contributed by atoms with Crippen LogP contribution in [0.2, 0.25) is 0 Å². The first-order valence-electron chi connectivity index (χ1n) is 9.54. The zero-order valence-electron chi connectivity index (χ0n) is 16.4. The van der Waals surface area contributed by atoms with Crippen LogP contribution < -0.4 is 10.6 Å². The third-order valence-corrected chi connectivity index (χ3v) is 5.71. The van der Waals surface area contributed by atoms with Gasteiger partial charge in [0.15, 0.2) is 0 Å². The van der Waals surface area contributed by atoms with Crippen LogP contribution in [0, 0.1) is 35.4 Å². The van der Waals surface area contributed by atoms with Crippen LogP contribution in [-0.2, 0) is 0 Å². The lowest BCUT2D eigenvalue weighted by Crippen LogP contribution is -2.18. The molecule has 0 atom stereocenters. The van der Waals surface area contributed by atoms with E-state index in [0.717, 1.165) is 37.1 Å². The molecule has 2 heterocycles. The summed E-state index contributed by atoms with van der Waals surface area (Å²) >= 11 is 0. The maximum atomic E-state index is 14.8. The van der Waals surface area contributed by atoms with Crippen LogP contribution in [0.25, 0.3) is 17.2 Å². The van der Waals surface area contributed by atoms with Crippen molar-refractivity contribution in [3.05, 3.63) is 57.5 Å². The van der Waals surface area contributed by atoms with Gasteiger partial charge in [0.25, 0.3) is 0 Å². The van der Waals surface area contributed by atoms with Gasteiger partial charge in [0, 0.05) is 18.7 Å². The molecule has 1 aliphatic carbocycles. The Kier molecular flexibility index (Phi) is 4.56. The monoisotopic (exact) mass is 385 g/mol. The first-order valence-corrected chi connectivity index (χ1v) is 9.54. The highest BCUT2D eigenvalue weighted by molar-refractivity contribution is 6.08. The summed E-state index contributed by atoms with van der Waals surface area (Å²) in [6, 6.07) is 9.49. The SMILES string of the molecule is CC1=C(C#N)c2nc(N)c(C#N)c(C)c2/C1=C/c1ccc(N2CCCC2)c(F)c1. The number of halogens is 1. The number of aromatic nitrogens is 1. The first kappa shape index (κ1) is 18.7. The maximum Gasteiger partial charge on any atom is 0.147 e. The van der Waals surface area contributed by atoms with E-state index < -0.39 is 0 Å². The van der Waals surface area contributed by atoms with Crippen molar-refractivity contribution in [2.45, 2.75) is 26.7 Å². The number of nitrogens with zero attached hydrogens (tertiary/aromatic N) is 4. The Hall–Kier alpha value is -3.64. The number of nitrogens with two attached hydrogens (primary N) is 1. The van der Waals surface area contributed by atoms with Gasteiger partial charge in [0.05, 0.1) is 22.5 Å². The van der Waals surface area contributed by atoms with Crippen LogP contribution in [0.3, 0.4) is 0 Å². The number of anilines is 2. The molecule has 1 aromatic carbocycles. The van der Waals surface area contributed by atoms with E-state index in [4.69, 9.17) is 5.73 Å². The van der Waals surface area contributed by atoms with Crippen molar-refractivity contribution in [2.75, 3.05) is 23.7 Å². The van der Waals surface area contributed by atoms with Crippen LogP contribution in [-0.4, -0.2) is 18.1 Å². The van der Waals surface area contributed by atoms with Gasteiger partial charge in [-0.1, -0.05) is 6.07 Å². The number of allylic oxidation sites excluding steroid dienone is 3. The van der Waals surface area contributed by atoms with Crippen LogP contribution in [0.4, 0.5) is 15.9 Å². The summed E-state index contributed by atoms with van der Waals surface area (Å²) in [7, 11) is 0. The molecule has 0 radical (unpaired) electrons. The minimum atomic E-state index is -0.258. The molecule has 2 N–H and O–H groups in total. The average Bonchev–Trinajstić information content (AvgIpc) is 3.30. The van der Waals surface area contributed by atoms with E-state index in [1.807, 2.05) is 25.1 Å². The molecule has 0 spiro atoms. The lowest BCUT2D eigenvalue weighted by Gasteiger charge is -2.18. The largest absolute Gasteiger partial charge is 0.383 e. The Bertz CT molecular complexity index is 1170. The van der Waals surface area contributed by atoms with Crippen molar-refractivity contribution in [1.82, 2.24) is 4.98 Å². The summed E-state index contributed by atoms with van der Waals surface area (Å²) in [6.45, 7) is 5.39.